The van der Waals surface area contributed by atoms with Gasteiger partial charge in [0.2, 0.25) is 17.7 Å². The van der Waals surface area contributed by atoms with Gasteiger partial charge in [0, 0.05) is 31.9 Å². The number of unbranched alkanes of at least 4 members (excludes halogenated alkanes) is 2. The number of imide groups is 2. The molecule has 0 saturated carbocycles. The first-order valence-corrected chi connectivity index (χ1v) is 29.1. The number of fused-ring (bicyclic) bond motifs is 4. The summed E-state index contributed by atoms with van der Waals surface area (Å²) in [5, 5.41) is 7.65. The van der Waals surface area contributed by atoms with Crippen molar-refractivity contribution in [2.75, 3.05) is 190 Å². The number of carbonyl (C=O) groups excluding carboxylic acids is 6. The van der Waals surface area contributed by atoms with Gasteiger partial charge in [-0.3, -0.25) is 34.2 Å². The lowest BCUT2D eigenvalue weighted by molar-refractivity contribution is -0.136. The number of nitrogens with one attached hydrogen (secondary N) is 3. The first-order chi connectivity index (χ1) is 41.3. The second-order valence-corrected chi connectivity index (χ2v) is 19.2. The van der Waals surface area contributed by atoms with Gasteiger partial charge >= 0.3 is 6.09 Å². The predicted octanol–water partition coefficient (Wildman–Crippen LogP) is 4.34. The van der Waals surface area contributed by atoms with Crippen molar-refractivity contribution in [2.45, 2.75) is 50.5 Å². The number of hydrogen-bond acceptors (Lipinski definition) is 20. The van der Waals surface area contributed by atoms with Crippen LogP contribution in [0.1, 0.15) is 76.3 Å². The molecule has 1 aliphatic carbocycles. The first kappa shape index (κ1) is 67.3. The highest BCUT2D eigenvalue weighted by Gasteiger charge is 2.45. The average Bonchev–Trinajstić information content (AvgIpc) is 3.67. The van der Waals surface area contributed by atoms with E-state index in [9.17, 15) is 28.8 Å². The average molecular weight is 1180 g/mol. The molecule has 1 fully saturated rings. The molecule has 0 aromatic heterocycles. The number of amides is 6. The highest BCUT2D eigenvalue weighted by atomic mass is 16.6. The molecule has 1 saturated heterocycles. The molecule has 2 aliphatic heterocycles. The normalized spacial score (nSPS) is 14.7. The number of hydrogen-bond donors (Lipinski definition) is 3. The number of rotatable bonds is 49. The Hall–Kier alpha value is -5.84. The Balaban J connectivity index is 0.573. The van der Waals surface area contributed by atoms with Gasteiger partial charge in [0.25, 0.3) is 11.8 Å². The molecule has 3 aromatic rings. The molecule has 24 heteroatoms. The molecule has 0 radical (unpaired) electrons. The van der Waals surface area contributed by atoms with E-state index in [1.807, 2.05) is 24.3 Å². The highest BCUT2D eigenvalue weighted by molar-refractivity contribution is 6.26. The topological polar surface area (TPSA) is 271 Å². The van der Waals surface area contributed by atoms with Crippen LogP contribution in [0.25, 0.3) is 11.1 Å². The molecule has 0 spiro atoms. The summed E-state index contributed by atoms with van der Waals surface area (Å²) < 4.78 is 77.5. The Labute approximate surface area is 491 Å². The van der Waals surface area contributed by atoms with Gasteiger partial charge in [0.05, 0.1) is 182 Å². The molecule has 3 aromatic carbocycles. The standard InChI is InChI=1S/C60H84N4O20/c65-54(62-52-14-8-13-50-56(52)59(69)64(58(50)68)53-16-17-55(66)63-57(53)67)15-2-1-7-19-71-21-23-73-25-27-75-29-31-77-33-35-79-37-39-81-41-43-83-44-42-82-40-38-80-36-34-78-32-30-76-28-26-74-24-22-72-20-18-61-60(70)84-45-51-48-11-5-3-9-46(48)47-10-4-6-12-49(47)51/h3-6,8-14,51,53H,1-2,7,15-45H2,(H,61,70)(H,62,65)(H,63,66,67). The maximum Gasteiger partial charge on any atom is 0.407 e. The molecule has 24 nitrogen and oxygen atoms in total. The van der Waals surface area contributed by atoms with Gasteiger partial charge in [-0.05, 0) is 53.6 Å². The summed E-state index contributed by atoms with van der Waals surface area (Å²) in [4.78, 5) is 76.1. The van der Waals surface area contributed by atoms with E-state index in [0.717, 1.165) is 17.7 Å². The van der Waals surface area contributed by atoms with Crippen molar-refractivity contribution in [3.05, 3.63) is 89.0 Å². The summed E-state index contributed by atoms with van der Waals surface area (Å²) in [7, 11) is 0. The fraction of sp³-hybridized carbons (Fsp3) is 0.600. The summed E-state index contributed by atoms with van der Waals surface area (Å²) in [6, 6.07) is 20.0. The van der Waals surface area contributed by atoms with Gasteiger partial charge < -0.3 is 76.9 Å². The number of carbonyl (C=O) groups is 6. The summed E-state index contributed by atoms with van der Waals surface area (Å²) in [6.07, 6.45) is 1.94. The van der Waals surface area contributed by atoms with Gasteiger partial charge in [0.15, 0.2) is 0 Å². The lowest BCUT2D eigenvalue weighted by Crippen LogP contribution is -2.54. The van der Waals surface area contributed by atoms with Crippen LogP contribution in [-0.4, -0.2) is 232 Å². The summed E-state index contributed by atoms with van der Waals surface area (Å²) in [5.74, 6) is -2.72. The Morgan fingerprint density at radius 3 is 1.33 bits per heavy atom. The molecule has 464 valence electrons. The van der Waals surface area contributed by atoms with Crippen LogP contribution in [0.3, 0.4) is 0 Å². The van der Waals surface area contributed by atoms with Crippen molar-refractivity contribution in [3.63, 3.8) is 0 Å². The Morgan fingerprint density at radius 2 is 0.881 bits per heavy atom. The number of piperidine rings is 1. The van der Waals surface area contributed by atoms with E-state index in [1.165, 1.54) is 28.3 Å². The largest absolute Gasteiger partial charge is 0.449 e. The predicted molar refractivity (Wildman–Crippen MR) is 304 cm³/mol. The molecular weight excluding hydrogens is 1100 g/mol. The maximum atomic E-state index is 13.2. The zero-order chi connectivity index (χ0) is 59.1. The molecule has 1 unspecified atom stereocenters. The smallest absolute Gasteiger partial charge is 0.407 e. The van der Waals surface area contributed by atoms with Gasteiger partial charge in [0.1, 0.15) is 12.6 Å². The van der Waals surface area contributed by atoms with E-state index >= 15 is 0 Å². The zero-order valence-electron chi connectivity index (χ0n) is 48.2. The molecule has 3 aliphatic rings. The van der Waals surface area contributed by atoms with Crippen molar-refractivity contribution in [2.24, 2.45) is 0 Å². The fourth-order valence-electron chi connectivity index (χ4n) is 9.11. The first-order valence-electron chi connectivity index (χ1n) is 29.1. The van der Waals surface area contributed by atoms with Gasteiger partial charge in [-0.15, -0.1) is 0 Å². The van der Waals surface area contributed by atoms with E-state index in [1.54, 1.807) is 12.1 Å². The minimum atomic E-state index is -1.08. The molecule has 6 rings (SSSR count). The molecule has 6 amide bonds. The maximum absolute atomic E-state index is 13.2. The van der Waals surface area contributed by atoms with Crippen LogP contribution in [0.15, 0.2) is 66.7 Å². The molecule has 84 heavy (non-hydrogen) atoms. The van der Waals surface area contributed by atoms with Crippen LogP contribution in [0.4, 0.5) is 10.5 Å². The van der Waals surface area contributed by atoms with E-state index in [-0.39, 0.29) is 54.5 Å². The number of alkyl carbamates (subject to hydrolysis) is 1. The summed E-state index contributed by atoms with van der Waals surface area (Å²) in [5.41, 5.74) is 5.10. The van der Waals surface area contributed by atoms with Gasteiger partial charge in [-0.2, -0.15) is 0 Å². The minimum Gasteiger partial charge on any atom is -0.449 e. The minimum absolute atomic E-state index is 0.0224. The van der Waals surface area contributed by atoms with Crippen molar-refractivity contribution < 1.29 is 95.1 Å². The lowest BCUT2D eigenvalue weighted by atomic mass is 9.98. The number of nitrogens with zero attached hydrogens (tertiary/aromatic N) is 1. The van der Waals surface area contributed by atoms with Crippen molar-refractivity contribution in [1.82, 2.24) is 15.5 Å². The number of ether oxygens (including phenoxy) is 14. The third-order valence-corrected chi connectivity index (χ3v) is 13.3. The summed E-state index contributed by atoms with van der Waals surface area (Å²) >= 11 is 0. The highest BCUT2D eigenvalue weighted by Crippen LogP contribution is 2.44. The number of anilines is 1. The van der Waals surface area contributed by atoms with Crippen molar-refractivity contribution in [1.29, 1.82) is 0 Å². The second-order valence-electron chi connectivity index (χ2n) is 19.2. The lowest BCUT2D eigenvalue weighted by Gasteiger charge is -2.27. The molecule has 1 atom stereocenters. The number of benzene rings is 3. The Morgan fingerprint density at radius 1 is 0.464 bits per heavy atom. The Kier molecular flexibility index (Phi) is 33.0. The quantitative estimate of drug-likeness (QED) is 0.0524. The van der Waals surface area contributed by atoms with Crippen LogP contribution in [0.5, 0.6) is 0 Å². The van der Waals surface area contributed by atoms with Crippen molar-refractivity contribution >= 4 is 41.3 Å². The van der Waals surface area contributed by atoms with Crippen LogP contribution in [0.2, 0.25) is 0 Å². The third kappa shape index (κ3) is 24.6. The van der Waals surface area contributed by atoms with E-state index in [4.69, 9.17) is 66.3 Å². The molecule has 2 heterocycles. The molecule has 0 bridgehead atoms. The fourth-order valence-corrected chi connectivity index (χ4v) is 9.11. The van der Waals surface area contributed by atoms with E-state index in [0.29, 0.717) is 185 Å². The van der Waals surface area contributed by atoms with E-state index in [2.05, 4.69) is 40.2 Å². The Bertz CT molecular complexity index is 2390. The van der Waals surface area contributed by atoms with Crippen LogP contribution >= 0.6 is 0 Å². The molecular formula is C60H84N4O20. The SMILES string of the molecule is O=C1CCC(N2C(=O)c3cccc(NC(=O)CCCCCOCCOCCOCCOCCOCCOCCOCCOCCOCCOCCOCCOCCOCCNC(=O)OCC4c5ccccc5-c5ccccc54)c3C2=O)C(=O)N1. The van der Waals surface area contributed by atoms with Crippen LogP contribution in [0, 0.1) is 0 Å². The van der Waals surface area contributed by atoms with Gasteiger partial charge in [-0.1, -0.05) is 61.0 Å². The van der Waals surface area contributed by atoms with Crippen molar-refractivity contribution in [3.8, 4) is 11.1 Å². The summed E-state index contributed by atoms with van der Waals surface area (Å²) in [6.45, 7) is 12.3. The van der Waals surface area contributed by atoms with Crippen LogP contribution in [-0.2, 0) is 80.7 Å². The monoisotopic (exact) mass is 1180 g/mol. The van der Waals surface area contributed by atoms with Gasteiger partial charge in [-0.25, -0.2) is 4.79 Å². The van der Waals surface area contributed by atoms with Crippen LogP contribution < -0.4 is 16.0 Å². The molecule has 3 N–H and O–H groups in total. The van der Waals surface area contributed by atoms with E-state index < -0.39 is 35.8 Å². The third-order valence-electron chi connectivity index (χ3n) is 13.3. The zero-order valence-corrected chi connectivity index (χ0v) is 48.2. The second kappa shape index (κ2) is 41.3.